The van der Waals surface area contributed by atoms with Crippen LogP contribution in [-0.4, -0.2) is 27.9 Å². The van der Waals surface area contributed by atoms with Gasteiger partial charge < -0.3 is 10.2 Å². The zero-order chi connectivity index (χ0) is 5.86. The summed E-state index contributed by atoms with van der Waals surface area (Å²) in [5.74, 6) is -1.19. The van der Waals surface area contributed by atoms with Crippen LogP contribution < -0.4 is 0 Å². The summed E-state index contributed by atoms with van der Waals surface area (Å²) in [4.78, 5) is 9.66. The molecule has 0 aromatic heterocycles. The third-order valence-electron chi connectivity index (χ3n) is 0.435. The number of aliphatic hydroxyl groups is 1. The van der Waals surface area contributed by atoms with Gasteiger partial charge in [-0.15, -0.1) is 11.8 Å². The predicted octanol–water partition coefficient (Wildman–Crippen LogP) is -0.248. The highest BCUT2D eigenvalue weighted by Gasteiger charge is 2.08. The van der Waals surface area contributed by atoms with Gasteiger partial charge in [-0.1, -0.05) is 0 Å². The highest BCUT2D eigenvalue weighted by Crippen LogP contribution is 1.99. The van der Waals surface area contributed by atoms with Gasteiger partial charge in [-0.2, -0.15) is 0 Å². The molecule has 0 aromatic carbocycles. The Kier molecular flexibility index (Phi) is 2.78. The number of rotatable bonds is 2. The van der Waals surface area contributed by atoms with Crippen molar-refractivity contribution in [3.63, 3.8) is 0 Å². The van der Waals surface area contributed by atoms with Crippen molar-refractivity contribution < 1.29 is 15.0 Å². The monoisotopic (exact) mass is 122 g/mol. The van der Waals surface area contributed by atoms with Crippen LogP contribution in [0.15, 0.2) is 0 Å². The lowest BCUT2D eigenvalue weighted by atomic mass is 10.7. The van der Waals surface area contributed by atoms with Gasteiger partial charge in [0.05, 0.1) is 0 Å². The largest absolute Gasteiger partial charge is 0.479 e. The molecule has 0 fully saturated rings. The van der Waals surface area contributed by atoms with Crippen molar-refractivity contribution >= 4 is 17.7 Å². The highest BCUT2D eigenvalue weighted by atomic mass is 32.2. The van der Waals surface area contributed by atoms with Crippen molar-refractivity contribution in [1.29, 1.82) is 0 Å². The zero-order valence-corrected chi connectivity index (χ0v) is 4.60. The SMILES string of the molecule is CSC(O)C(=O)O. The maximum absolute atomic E-state index is 9.66. The van der Waals surface area contributed by atoms with Gasteiger partial charge in [0.15, 0.2) is 5.44 Å². The summed E-state index contributed by atoms with van der Waals surface area (Å²) in [6, 6.07) is 0. The first-order valence-electron chi connectivity index (χ1n) is 1.62. The van der Waals surface area contributed by atoms with Crippen LogP contribution in [-0.2, 0) is 4.79 Å². The minimum Gasteiger partial charge on any atom is -0.479 e. The molecule has 2 N–H and O–H groups in total. The molecule has 0 saturated carbocycles. The Morgan fingerprint density at radius 3 is 2.29 bits per heavy atom. The molecule has 42 valence electrons. The molecule has 0 aliphatic carbocycles. The molecule has 0 aliphatic heterocycles. The second kappa shape index (κ2) is 2.87. The summed E-state index contributed by atoms with van der Waals surface area (Å²) in [6.07, 6.45) is 1.53. The van der Waals surface area contributed by atoms with Crippen LogP contribution in [0.3, 0.4) is 0 Å². The first-order valence-corrected chi connectivity index (χ1v) is 2.91. The van der Waals surface area contributed by atoms with E-state index in [1.54, 1.807) is 0 Å². The number of aliphatic carboxylic acids is 1. The fraction of sp³-hybridized carbons (Fsp3) is 0.667. The van der Waals surface area contributed by atoms with Crippen LogP contribution in [0.2, 0.25) is 0 Å². The average molecular weight is 122 g/mol. The van der Waals surface area contributed by atoms with E-state index in [2.05, 4.69) is 0 Å². The zero-order valence-electron chi connectivity index (χ0n) is 3.79. The van der Waals surface area contributed by atoms with Gasteiger partial charge >= 0.3 is 5.97 Å². The fourth-order valence-corrected chi connectivity index (χ4v) is 0.302. The average Bonchev–Trinajstić information content (AvgIpc) is 1.65. The summed E-state index contributed by atoms with van der Waals surface area (Å²) in [5, 5.41) is 16.2. The number of aliphatic hydroxyl groups excluding tert-OH is 1. The molecule has 0 amide bonds. The topological polar surface area (TPSA) is 57.5 Å². The summed E-state index contributed by atoms with van der Waals surface area (Å²) in [7, 11) is 0. The maximum atomic E-state index is 9.66. The van der Waals surface area contributed by atoms with E-state index in [1.807, 2.05) is 0 Å². The molecule has 0 bridgehead atoms. The molecule has 4 heteroatoms. The van der Waals surface area contributed by atoms with Gasteiger partial charge in [0, 0.05) is 0 Å². The number of carbonyl (C=O) groups is 1. The van der Waals surface area contributed by atoms with Crippen molar-refractivity contribution in [2.45, 2.75) is 5.44 Å². The lowest BCUT2D eigenvalue weighted by molar-refractivity contribution is -0.141. The minimum absolute atomic E-state index is 0.889. The predicted molar refractivity (Wildman–Crippen MR) is 27.2 cm³/mol. The molecule has 1 atom stereocenters. The van der Waals surface area contributed by atoms with Gasteiger partial charge in [0.2, 0.25) is 0 Å². The van der Waals surface area contributed by atoms with Crippen LogP contribution in [0.25, 0.3) is 0 Å². The van der Waals surface area contributed by atoms with Gasteiger partial charge in [-0.05, 0) is 6.26 Å². The fourth-order valence-electron chi connectivity index (χ4n) is 0.101. The standard InChI is InChI=1S/C3H6O3S/c1-7-3(6)2(4)5/h3,6H,1H3,(H,4,5). The third-order valence-corrected chi connectivity index (χ3v) is 1.08. The number of hydrogen-bond acceptors (Lipinski definition) is 3. The smallest absolute Gasteiger partial charge is 0.343 e. The van der Waals surface area contributed by atoms with E-state index in [1.165, 1.54) is 6.26 Å². The van der Waals surface area contributed by atoms with Crippen molar-refractivity contribution in [2.75, 3.05) is 6.26 Å². The van der Waals surface area contributed by atoms with Gasteiger partial charge in [-0.25, -0.2) is 4.79 Å². The molecule has 0 rings (SSSR count). The van der Waals surface area contributed by atoms with E-state index in [9.17, 15) is 4.79 Å². The van der Waals surface area contributed by atoms with Crippen molar-refractivity contribution in [3.8, 4) is 0 Å². The summed E-state index contributed by atoms with van der Waals surface area (Å²) in [5.41, 5.74) is -1.26. The van der Waals surface area contributed by atoms with Gasteiger partial charge in [-0.3, -0.25) is 0 Å². The Hall–Kier alpha value is -0.220. The maximum Gasteiger partial charge on any atom is 0.343 e. The van der Waals surface area contributed by atoms with E-state index in [0.717, 1.165) is 11.8 Å². The minimum atomic E-state index is -1.26. The Bertz CT molecular complexity index is 72.6. The first kappa shape index (κ1) is 6.78. The molecule has 0 aliphatic rings. The van der Waals surface area contributed by atoms with Crippen LogP contribution in [0, 0.1) is 0 Å². The van der Waals surface area contributed by atoms with Crippen molar-refractivity contribution in [2.24, 2.45) is 0 Å². The Labute approximate surface area is 45.3 Å². The Balaban J connectivity index is 3.34. The molecule has 0 spiro atoms. The molecular weight excluding hydrogens is 116 g/mol. The highest BCUT2D eigenvalue weighted by molar-refractivity contribution is 7.99. The normalized spacial score (nSPS) is 13.4. The van der Waals surface area contributed by atoms with Crippen molar-refractivity contribution in [1.82, 2.24) is 0 Å². The molecule has 7 heavy (non-hydrogen) atoms. The van der Waals surface area contributed by atoms with Crippen LogP contribution in [0.4, 0.5) is 0 Å². The number of thioether (sulfide) groups is 1. The second-order valence-electron chi connectivity index (χ2n) is 0.926. The lowest BCUT2D eigenvalue weighted by Gasteiger charge is -1.95. The van der Waals surface area contributed by atoms with Crippen molar-refractivity contribution in [3.05, 3.63) is 0 Å². The van der Waals surface area contributed by atoms with E-state index in [0.29, 0.717) is 0 Å². The van der Waals surface area contributed by atoms with E-state index in [-0.39, 0.29) is 0 Å². The molecule has 0 saturated heterocycles. The van der Waals surface area contributed by atoms with Gasteiger partial charge in [0.1, 0.15) is 0 Å². The van der Waals surface area contributed by atoms with Crippen LogP contribution in [0.5, 0.6) is 0 Å². The molecule has 0 aromatic rings. The van der Waals surface area contributed by atoms with Crippen LogP contribution in [0.1, 0.15) is 0 Å². The molecule has 1 unspecified atom stereocenters. The number of hydrogen-bond donors (Lipinski definition) is 2. The summed E-state index contributed by atoms with van der Waals surface area (Å²) in [6.45, 7) is 0. The summed E-state index contributed by atoms with van der Waals surface area (Å²) < 4.78 is 0. The van der Waals surface area contributed by atoms with E-state index in [4.69, 9.17) is 10.2 Å². The van der Waals surface area contributed by atoms with Gasteiger partial charge in [0.25, 0.3) is 0 Å². The first-order chi connectivity index (χ1) is 3.18. The second-order valence-corrected chi connectivity index (χ2v) is 1.84. The molecule has 3 nitrogen and oxygen atoms in total. The Morgan fingerprint density at radius 1 is 1.86 bits per heavy atom. The number of carboxylic acids is 1. The lowest BCUT2D eigenvalue weighted by Crippen LogP contribution is -2.13. The molecule has 0 heterocycles. The van der Waals surface area contributed by atoms with E-state index < -0.39 is 11.4 Å². The third kappa shape index (κ3) is 2.47. The quantitative estimate of drug-likeness (QED) is 0.496. The van der Waals surface area contributed by atoms with E-state index >= 15 is 0 Å². The molecule has 0 radical (unpaired) electrons. The number of carboxylic acid groups (broad SMARTS) is 1. The summed E-state index contributed by atoms with van der Waals surface area (Å²) >= 11 is 0.889. The molecular formula is C3H6O3S. The Morgan fingerprint density at radius 2 is 2.29 bits per heavy atom. The van der Waals surface area contributed by atoms with Crippen LogP contribution >= 0.6 is 11.8 Å².